The summed E-state index contributed by atoms with van der Waals surface area (Å²) in [6.07, 6.45) is 0.618. The van der Waals surface area contributed by atoms with Gasteiger partial charge in [0, 0.05) is 13.1 Å². The van der Waals surface area contributed by atoms with Gasteiger partial charge in [-0.1, -0.05) is 98.1 Å². The molecule has 0 spiro atoms. The molecule has 1 amide bonds. The Bertz CT molecular complexity index is 1800. The lowest BCUT2D eigenvalue weighted by Crippen LogP contribution is -2.49. The summed E-state index contributed by atoms with van der Waals surface area (Å²) in [5.74, 6) is -0.481. The molecular weight excluding hydrogens is 651 g/mol. The molecule has 0 heterocycles. The molecule has 5 rings (SSSR count). The Kier molecular flexibility index (Phi) is 11.8. The van der Waals surface area contributed by atoms with Gasteiger partial charge in [-0.25, -0.2) is 12.7 Å². The van der Waals surface area contributed by atoms with Crippen LogP contribution in [0.1, 0.15) is 70.6 Å². The molecule has 1 aliphatic carbocycles. The SMILES string of the molecule is CS(=O)(=O)N(c1ccccc1)c1c(C(=O)N[C@@H](Cc2ccccc2)[C@H](O)CNCc2cccc(C(F)(F)F)c2)cccc1C1CCCCC1. The predicted octanol–water partition coefficient (Wildman–Crippen LogP) is 7.34. The summed E-state index contributed by atoms with van der Waals surface area (Å²) in [4.78, 5) is 14.3. The molecule has 2 atom stereocenters. The molecule has 49 heavy (non-hydrogen) atoms. The largest absolute Gasteiger partial charge is 0.416 e. The number of halogens is 3. The average molecular weight is 694 g/mol. The summed E-state index contributed by atoms with van der Waals surface area (Å²) in [5.41, 5.74) is 2.15. The fourth-order valence-electron chi connectivity index (χ4n) is 6.53. The molecule has 1 fully saturated rings. The predicted molar refractivity (Wildman–Crippen MR) is 186 cm³/mol. The number of benzene rings is 4. The first kappa shape index (κ1) is 36.1. The highest BCUT2D eigenvalue weighted by molar-refractivity contribution is 7.92. The molecule has 0 saturated heterocycles. The lowest BCUT2D eigenvalue weighted by atomic mass is 9.82. The zero-order chi connectivity index (χ0) is 35.0. The number of carbonyl (C=O) groups excluding carboxylic acids is 1. The molecule has 4 aromatic carbocycles. The number of amides is 1. The molecule has 3 N–H and O–H groups in total. The van der Waals surface area contributed by atoms with Crippen LogP contribution in [0.4, 0.5) is 24.5 Å². The second kappa shape index (κ2) is 16.0. The van der Waals surface area contributed by atoms with Crippen LogP contribution >= 0.6 is 0 Å². The Balaban J connectivity index is 1.46. The van der Waals surface area contributed by atoms with E-state index in [1.54, 1.807) is 48.5 Å². The van der Waals surface area contributed by atoms with E-state index < -0.39 is 39.8 Å². The highest BCUT2D eigenvalue weighted by atomic mass is 32.2. The zero-order valence-corrected chi connectivity index (χ0v) is 28.2. The van der Waals surface area contributed by atoms with Crippen molar-refractivity contribution in [3.8, 4) is 0 Å². The van der Waals surface area contributed by atoms with E-state index in [0.717, 1.165) is 61.6 Å². The van der Waals surface area contributed by atoms with Gasteiger partial charge in [0.1, 0.15) is 0 Å². The lowest BCUT2D eigenvalue weighted by molar-refractivity contribution is -0.137. The minimum Gasteiger partial charge on any atom is -0.390 e. The number of hydrogen-bond acceptors (Lipinski definition) is 5. The topological polar surface area (TPSA) is 98.7 Å². The van der Waals surface area contributed by atoms with Crippen LogP contribution in [0.25, 0.3) is 0 Å². The Morgan fingerprint density at radius 2 is 1.51 bits per heavy atom. The Morgan fingerprint density at radius 3 is 2.16 bits per heavy atom. The number of aliphatic hydroxyl groups is 1. The van der Waals surface area contributed by atoms with Crippen LogP contribution < -0.4 is 14.9 Å². The number of alkyl halides is 3. The van der Waals surface area contributed by atoms with Gasteiger partial charge >= 0.3 is 6.18 Å². The Morgan fingerprint density at radius 1 is 0.878 bits per heavy atom. The van der Waals surface area contributed by atoms with E-state index in [2.05, 4.69) is 10.6 Å². The standard InChI is InChI=1S/C38H42F3N3O4S/c1-49(47,48)44(31-19-9-4-10-20-31)36-32(29-16-7-3-8-17-29)21-12-22-33(36)37(46)43-34(24-27-13-5-2-6-14-27)35(45)26-42-25-28-15-11-18-30(23-28)38(39,40)41/h2,4-6,9-15,18-23,29,34-35,42,45H,3,7-8,16-17,24-26H2,1H3,(H,43,46)/t34-,35+/m0/s1. The molecule has 0 aliphatic heterocycles. The maximum atomic E-state index is 14.3. The van der Waals surface area contributed by atoms with Gasteiger partial charge in [0.15, 0.2) is 0 Å². The molecule has 0 unspecified atom stereocenters. The van der Waals surface area contributed by atoms with Crippen molar-refractivity contribution in [1.82, 2.24) is 10.6 Å². The van der Waals surface area contributed by atoms with Gasteiger partial charge < -0.3 is 15.7 Å². The molecule has 1 aliphatic rings. The maximum Gasteiger partial charge on any atom is 0.416 e. The van der Waals surface area contributed by atoms with E-state index >= 15 is 0 Å². The fourth-order valence-corrected chi connectivity index (χ4v) is 7.57. The van der Waals surface area contributed by atoms with E-state index in [0.29, 0.717) is 16.9 Å². The summed E-state index contributed by atoms with van der Waals surface area (Å²) in [6.45, 7) is 0.0451. The zero-order valence-electron chi connectivity index (χ0n) is 27.4. The van der Waals surface area contributed by atoms with Crippen molar-refractivity contribution in [3.63, 3.8) is 0 Å². The van der Waals surface area contributed by atoms with Crippen LogP contribution in [0.3, 0.4) is 0 Å². The number of hydrogen-bond donors (Lipinski definition) is 3. The van der Waals surface area contributed by atoms with Crippen molar-refractivity contribution in [2.24, 2.45) is 0 Å². The molecule has 7 nitrogen and oxygen atoms in total. The van der Waals surface area contributed by atoms with Crippen molar-refractivity contribution in [1.29, 1.82) is 0 Å². The molecule has 260 valence electrons. The van der Waals surface area contributed by atoms with Gasteiger partial charge in [-0.2, -0.15) is 13.2 Å². The number of rotatable bonds is 13. The highest BCUT2D eigenvalue weighted by Gasteiger charge is 2.33. The smallest absolute Gasteiger partial charge is 0.390 e. The van der Waals surface area contributed by atoms with Gasteiger partial charge in [-0.05, 0) is 66.1 Å². The molecular formula is C38H42F3N3O4S. The van der Waals surface area contributed by atoms with Gasteiger partial charge in [0.05, 0.1) is 40.9 Å². The summed E-state index contributed by atoms with van der Waals surface area (Å²) in [5, 5.41) is 17.4. The summed E-state index contributed by atoms with van der Waals surface area (Å²) < 4.78 is 67.9. The van der Waals surface area contributed by atoms with Crippen LogP contribution in [0, 0.1) is 0 Å². The first-order chi connectivity index (χ1) is 23.4. The first-order valence-electron chi connectivity index (χ1n) is 16.5. The van der Waals surface area contributed by atoms with Crippen molar-refractivity contribution in [3.05, 3.63) is 131 Å². The first-order valence-corrected chi connectivity index (χ1v) is 18.3. The summed E-state index contributed by atoms with van der Waals surface area (Å²) in [6, 6.07) is 27.4. The summed E-state index contributed by atoms with van der Waals surface area (Å²) >= 11 is 0. The average Bonchev–Trinajstić information content (AvgIpc) is 3.08. The minimum atomic E-state index is -4.47. The number of nitrogens with one attached hydrogen (secondary N) is 2. The highest BCUT2D eigenvalue weighted by Crippen LogP contribution is 2.43. The molecule has 0 aromatic heterocycles. The van der Waals surface area contributed by atoms with E-state index in [9.17, 15) is 31.5 Å². The van der Waals surface area contributed by atoms with E-state index in [1.807, 2.05) is 36.4 Å². The number of anilines is 2. The van der Waals surface area contributed by atoms with Crippen molar-refractivity contribution in [2.75, 3.05) is 17.1 Å². The second-order valence-electron chi connectivity index (χ2n) is 12.6. The Labute approximate surface area is 286 Å². The van der Waals surface area contributed by atoms with Crippen LogP contribution in [0.2, 0.25) is 0 Å². The molecule has 0 bridgehead atoms. The van der Waals surface area contributed by atoms with E-state index in [-0.39, 0.29) is 31.0 Å². The van der Waals surface area contributed by atoms with Crippen LogP contribution in [0.5, 0.6) is 0 Å². The third-order valence-electron chi connectivity index (χ3n) is 8.90. The molecule has 11 heteroatoms. The van der Waals surface area contributed by atoms with Crippen LogP contribution in [-0.2, 0) is 29.2 Å². The van der Waals surface area contributed by atoms with Gasteiger partial charge in [-0.15, -0.1) is 0 Å². The Hall–Kier alpha value is -4.19. The normalized spacial score (nSPS) is 15.4. The third kappa shape index (κ3) is 9.49. The van der Waals surface area contributed by atoms with Gasteiger partial charge in [0.2, 0.25) is 10.0 Å². The van der Waals surface area contributed by atoms with Crippen molar-refractivity contribution in [2.45, 2.75) is 69.3 Å². The second-order valence-corrected chi connectivity index (χ2v) is 14.4. The van der Waals surface area contributed by atoms with Gasteiger partial charge in [-0.3, -0.25) is 4.79 Å². The van der Waals surface area contributed by atoms with E-state index in [4.69, 9.17) is 0 Å². The number of aliphatic hydroxyl groups excluding tert-OH is 1. The quantitative estimate of drug-likeness (QED) is 0.136. The third-order valence-corrected chi connectivity index (χ3v) is 9.96. The van der Waals surface area contributed by atoms with Crippen molar-refractivity contribution < 1.29 is 31.5 Å². The monoisotopic (exact) mass is 693 g/mol. The number of nitrogens with zero attached hydrogens (tertiary/aromatic N) is 1. The number of carbonyl (C=O) groups is 1. The van der Waals surface area contributed by atoms with Gasteiger partial charge in [0.25, 0.3) is 5.91 Å². The number of sulfonamides is 1. The lowest BCUT2D eigenvalue weighted by Gasteiger charge is -2.32. The minimum absolute atomic E-state index is 0.0253. The maximum absolute atomic E-state index is 14.3. The molecule has 4 aromatic rings. The van der Waals surface area contributed by atoms with Crippen LogP contribution in [0.15, 0.2) is 103 Å². The van der Waals surface area contributed by atoms with E-state index in [1.165, 1.54) is 10.4 Å². The fraction of sp³-hybridized carbons (Fsp3) is 0.342. The molecule has 0 radical (unpaired) electrons. The summed E-state index contributed by atoms with van der Waals surface area (Å²) in [7, 11) is -3.91. The molecule has 1 saturated carbocycles. The van der Waals surface area contributed by atoms with Crippen molar-refractivity contribution >= 4 is 27.3 Å². The van der Waals surface area contributed by atoms with Crippen LogP contribution in [-0.4, -0.2) is 44.4 Å². The number of para-hydroxylation sites is 2.